The molecule has 0 aliphatic heterocycles. The summed E-state index contributed by atoms with van der Waals surface area (Å²) in [5, 5.41) is 2.57. The lowest BCUT2D eigenvalue weighted by Crippen LogP contribution is -2.35. The number of likely N-dealkylation sites (N-methyl/N-ethyl adjacent to an activating group) is 1. The maximum atomic E-state index is 13.1. The van der Waals surface area contributed by atoms with Crippen molar-refractivity contribution < 1.29 is 14.0 Å². The predicted octanol–water partition coefficient (Wildman–Crippen LogP) is 3.32. The lowest BCUT2D eigenvalue weighted by atomic mass is 10.2. The molecule has 4 nitrogen and oxygen atoms in total. The molecule has 0 fully saturated rings. The van der Waals surface area contributed by atoms with Crippen LogP contribution in [0.15, 0.2) is 53.4 Å². The van der Waals surface area contributed by atoms with Gasteiger partial charge in [-0.25, -0.2) is 4.39 Å². The van der Waals surface area contributed by atoms with Gasteiger partial charge in [-0.2, -0.15) is 0 Å². The molecule has 0 atom stereocenters. The fourth-order valence-electron chi connectivity index (χ4n) is 2.04. The Balaban J connectivity index is 1.82. The monoisotopic (exact) mass is 346 g/mol. The van der Waals surface area contributed by atoms with Crippen LogP contribution in [0.1, 0.15) is 5.56 Å². The first-order valence-electron chi connectivity index (χ1n) is 7.43. The predicted molar refractivity (Wildman–Crippen MR) is 94.6 cm³/mol. The Morgan fingerprint density at radius 2 is 1.92 bits per heavy atom. The van der Waals surface area contributed by atoms with Gasteiger partial charge in [0.1, 0.15) is 5.82 Å². The smallest absolute Gasteiger partial charge is 0.243 e. The summed E-state index contributed by atoms with van der Waals surface area (Å²) >= 11 is 1.44. The van der Waals surface area contributed by atoms with Gasteiger partial charge < -0.3 is 10.2 Å². The number of nitrogens with zero attached hydrogens (tertiary/aromatic N) is 1. The number of benzene rings is 2. The number of amides is 2. The molecule has 0 bridgehead atoms. The van der Waals surface area contributed by atoms with Crippen molar-refractivity contribution >= 4 is 29.3 Å². The number of carbonyl (C=O) groups is 2. The van der Waals surface area contributed by atoms with Crippen molar-refractivity contribution in [1.29, 1.82) is 0 Å². The van der Waals surface area contributed by atoms with Gasteiger partial charge in [-0.15, -0.1) is 11.8 Å². The highest BCUT2D eigenvalue weighted by Crippen LogP contribution is 2.21. The molecule has 6 heteroatoms. The summed E-state index contributed by atoms with van der Waals surface area (Å²) in [7, 11) is 1.58. The molecular formula is C18H19FN2O2S. The SMILES string of the molecule is Cc1ccccc1SCC(=O)N(C)CC(=O)Nc1cccc(F)c1. The third-order valence-electron chi connectivity index (χ3n) is 3.36. The molecule has 0 spiro atoms. The van der Waals surface area contributed by atoms with Crippen molar-refractivity contribution in [2.75, 3.05) is 24.7 Å². The highest BCUT2D eigenvalue weighted by molar-refractivity contribution is 8.00. The van der Waals surface area contributed by atoms with Crippen LogP contribution >= 0.6 is 11.8 Å². The van der Waals surface area contributed by atoms with Crippen molar-refractivity contribution in [3.05, 3.63) is 59.9 Å². The van der Waals surface area contributed by atoms with Gasteiger partial charge in [0.2, 0.25) is 11.8 Å². The average Bonchev–Trinajstić information content (AvgIpc) is 2.53. The largest absolute Gasteiger partial charge is 0.336 e. The van der Waals surface area contributed by atoms with Crippen LogP contribution in [0.4, 0.5) is 10.1 Å². The minimum absolute atomic E-state index is 0.0797. The molecule has 1 N–H and O–H groups in total. The number of anilines is 1. The van der Waals surface area contributed by atoms with Crippen molar-refractivity contribution in [1.82, 2.24) is 4.90 Å². The summed E-state index contributed by atoms with van der Waals surface area (Å²) in [6.45, 7) is 1.91. The molecule has 2 rings (SSSR count). The van der Waals surface area contributed by atoms with E-state index in [1.165, 1.54) is 34.9 Å². The number of rotatable bonds is 6. The molecule has 0 aromatic heterocycles. The first kappa shape index (κ1) is 18.0. The topological polar surface area (TPSA) is 49.4 Å². The van der Waals surface area contributed by atoms with E-state index in [9.17, 15) is 14.0 Å². The molecule has 2 aromatic carbocycles. The van der Waals surface area contributed by atoms with Gasteiger partial charge in [-0.1, -0.05) is 24.3 Å². The highest BCUT2D eigenvalue weighted by atomic mass is 32.2. The van der Waals surface area contributed by atoms with E-state index < -0.39 is 5.82 Å². The lowest BCUT2D eigenvalue weighted by Gasteiger charge is -2.17. The van der Waals surface area contributed by atoms with Gasteiger partial charge in [0.25, 0.3) is 0 Å². The molecular weight excluding hydrogens is 327 g/mol. The maximum Gasteiger partial charge on any atom is 0.243 e. The zero-order valence-electron chi connectivity index (χ0n) is 13.6. The van der Waals surface area contributed by atoms with Crippen molar-refractivity contribution in [2.24, 2.45) is 0 Å². The summed E-state index contributed by atoms with van der Waals surface area (Å²) in [4.78, 5) is 26.5. The third-order valence-corrected chi connectivity index (χ3v) is 4.52. The molecule has 0 saturated heterocycles. The van der Waals surface area contributed by atoms with Gasteiger partial charge in [0.15, 0.2) is 0 Å². The number of carbonyl (C=O) groups excluding carboxylic acids is 2. The quantitative estimate of drug-likeness (QED) is 0.816. The Kier molecular flexibility index (Phi) is 6.37. The van der Waals surface area contributed by atoms with Crippen LogP contribution in [-0.4, -0.2) is 36.1 Å². The number of hydrogen-bond acceptors (Lipinski definition) is 3. The van der Waals surface area contributed by atoms with E-state index in [0.29, 0.717) is 5.69 Å². The molecule has 0 heterocycles. The van der Waals surface area contributed by atoms with Crippen LogP contribution in [0.5, 0.6) is 0 Å². The van der Waals surface area contributed by atoms with Crippen LogP contribution in [0, 0.1) is 12.7 Å². The maximum absolute atomic E-state index is 13.1. The van der Waals surface area contributed by atoms with Crippen LogP contribution in [0.3, 0.4) is 0 Å². The van der Waals surface area contributed by atoms with Crippen LogP contribution in [-0.2, 0) is 9.59 Å². The summed E-state index contributed by atoms with van der Waals surface area (Å²) in [5.74, 6) is -0.670. The normalized spacial score (nSPS) is 10.3. The van der Waals surface area contributed by atoms with Gasteiger partial charge in [-0.05, 0) is 36.8 Å². The number of halogens is 1. The van der Waals surface area contributed by atoms with Crippen LogP contribution < -0.4 is 5.32 Å². The fourth-order valence-corrected chi connectivity index (χ4v) is 3.01. The van der Waals surface area contributed by atoms with E-state index in [1.807, 2.05) is 31.2 Å². The second-order valence-electron chi connectivity index (χ2n) is 5.36. The average molecular weight is 346 g/mol. The number of thioether (sulfide) groups is 1. The van der Waals surface area contributed by atoms with E-state index in [4.69, 9.17) is 0 Å². The lowest BCUT2D eigenvalue weighted by molar-refractivity contribution is -0.131. The fraction of sp³-hybridized carbons (Fsp3) is 0.222. The molecule has 0 aliphatic rings. The summed E-state index contributed by atoms with van der Waals surface area (Å²) in [5.41, 5.74) is 1.48. The molecule has 24 heavy (non-hydrogen) atoms. The molecule has 2 amide bonds. The Morgan fingerprint density at radius 1 is 1.17 bits per heavy atom. The number of nitrogens with one attached hydrogen (secondary N) is 1. The zero-order chi connectivity index (χ0) is 17.5. The second-order valence-corrected chi connectivity index (χ2v) is 6.38. The Hall–Kier alpha value is -2.34. The Bertz CT molecular complexity index is 736. The van der Waals surface area contributed by atoms with Crippen LogP contribution in [0.25, 0.3) is 0 Å². The van der Waals surface area contributed by atoms with Crippen LogP contribution in [0.2, 0.25) is 0 Å². The Labute approximate surface area is 145 Å². The molecule has 126 valence electrons. The van der Waals surface area contributed by atoms with Crippen molar-refractivity contribution in [3.63, 3.8) is 0 Å². The highest BCUT2D eigenvalue weighted by Gasteiger charge is 2.14. The molecule has 0 saturated carbocycles. The molecule has 0 unspecified atom stereocenters. The van der Waals surface area contributed by atoms with E-state index >= 15 is 0 Å². The first-order valence-corrected chi connectivity index (χ1v) is 8.42. The van der Waals surface area contributed by atoms with Gasteiger partial charge in [-0.3, -0.25) is 9.59 Å². The summed E-state index contributed by atoms with van der Waals surface area (Å²) in [6.07, 6.45) is 0. The minimum Gasteiger partial charge on any atom is -0.336 e. The summed E-state index contributed by atoms with van der Waals surface area (Å²) < 4.78 is 13.1. The minimum atomic E-state index is -0.424. The van der Waals surface area contributed by atoms with E-state index in [1.54, 1.807) is 13.1 Å². The molecule has 0 radical (unpaired) electrons. The number of aryl methyl sites for hydroxylation is 1. The van der Waals surface area contributed by atoms with E-state index in [0.717, 1.165) is 10.5 Å². The Morgan fingerprint density at radius 3 is 2.62 bits per heavy atom. The molecule has 0 aliphatic carbocycles. The molecule has 2 aromatic rings. The number of hydrogen-bond donors (Lipinski definition) is 1. The summed E-state index contributed by atoms with van der Waals surface area (Å²) in [6, 6.07) is 13.5. The second kappa shape index (κ2) is 8.49. The zero-order valence-corrected chi connectivity index (χ0v) is 14.4. The van der Waals surface area contributed by atoms with Crippen molar-refractivity contribution in [3.8, 4) is 0 Å². The van der Waals surface area contributed by atoms with Gasteiger partial charge in [0.05, 0.1) is 12.3 Å². The standard InChI is InChI=1S/C18H19FN2O2S/c1-13-6-3-4-9-16(13)24-12-18(23)21(2)11-17(22)20-15-8-5-7-14(19)10-15/h3-10H,11-12H2,1-2H3,(H,20,22). The van der Waals surface area contributed by atoms with Gasteiger partial charge in [0, 0.05) is 17.6 Å². The first-order chi connectivity index (χ1) is 11.5. The van der Waals surface area contributed by atoms with E-state index in [-0.39, 0.29) is 24.1 Å². The van der Waals surface area contributed by atoms with E-state index in [2.05, 4.69) is 5.32 Å². The van der Waals surface area contributed by atoms with Crippen molar-refractivity contribution in [2.45, 2.75) is 11.8 Å². The third kappa shape index (κ3) is 5.38. The van der Waals surface area contributed by atoms with Gasteiger partial charge >= 0.3 is 0 Å².